The number of ether oxygens (including phenoxy) is 3. The van der Waals surface area contributed by atoms with Crippen molar-refractivity contribution in [3.05, 3.63) is 24.3 Å². The van der Waals surface area contributed by atoms with Crippen LogP contribution in [0.2, 0.25) is 0 Å². The third kappa shape index (κ3) is 3.73. The average molecular weight is 490 g/mol. The molecule has 10 nitrogen and oxygen atoms in total. The van der Waals surface area contributed by atoms with Gasteiger partial charge in [0, 0.05) is 32.7 Å². The monoisotopic (exact) mass is 489 g/mol. The molecule has 35 heavy (non-hydrogen) atoms. The van der Waals surface area contributed by atoms with Crippen molar-refractivity contribution in [1.29, 1.82) is 0 Å². The number of hydrogen-bond donors (Lipinski definition) is 1. The molecule has 0 radical (unpaired) electrons. The lowest BCUT2D eigenvalue weighted by Gasteiger charge is -2.40. The Labute approximate surface area is 205 Å². The third-order valence-electron chi connectivity index (χ3n) is 8.25. The van der Waals surface area contributed by atoms with Crippen molar-refractivity contribution in [2.24, 2.45) is 11.8 Å². The van der Waals surface area contributed by atoms with Crippen LogP contribution in [0.3, 0.4) is 0 Å². The smallest absolute Gasteiger partial charge is 0.313 e. The van der Waals surface area contributed by atoms with Crippen LogP contribution in [0.15, 0.2) is 24.3 Å². The molecule has 5 aliphatic rings. The van der Waals surface area contributed by atoms with Gasteiger partial charge in [0.25, 0.3) is 0 Å². The largest absolute Gasteiger partial charge is 0.461 e. The first-order chi connectivity index (χ1) is 16.9. The van der Waals surface area contributed by atoms with Crippen LogP contribution in [0.4, 0.5) is 0 Å². The van der Waals surface area contributed by atoms with E-state index >= 15 is 0 Å². The van der Waals surface area contributed by atoms with E-state index in [-0.39, 0.29) is 25.0 Å². The molecule has 5 aliphatic heterocycles. The highest BCUT2D eigenvalue weighted by atomic mass is 16.6. The van der Waals surface area contributed by atoms with Crippen LogP contribution in [0.1, 0.15) is 20.3 Å². The van der Waals surface area contributed by atoms with Crippen LogP contribution in [-0.2, 0) is 28.6 Å². The van der Waals surface area contributed by atoms with Crippen LogP contribution in [-0.4, -0.2) is 120 Å². The molecular weight excluding hydrogens is 454 g/mol. The second kappa shape index (κ2) is 9.31. The first-order valence-electron chi connectivity index (χ1n) is 12.6. The highest BCUT2D eigenvalue weighted by Crippen LogP contribution is 2.58. The summed E-state index contributed by atoms with van der Waals surface area (Å²) in [4.78, 5) is 46.7. The highest BCUT2D eigenvalue weighted by Gasteiger charge is 2.75. The summed E-state index contributed by atoms with van der Waals surface area (Å²) in [5.74, 6) is -2.83. The van der Waals surface area contributed by atoms with Crippen molar-refractivity contribution >= 4 is 17.8 Å². The van der Waals surface area contributed by atoms with Gasteiger partial charge in [-0.15, -0.1) is 0 Å². The van der Waals surface area contributed by atoms with Gasteiger partial charge in [-0.05, 0) is 19.4 Å². The zero-order chi connectivity index (χ0) is 24.8. The number of cyclic esters (lactones) is 1. The molecule has 5 rings (SSSR count). The maximum Gasteiger partial charge on any atom is 0.313 e. The number of carbonyl (C=O) groups is 3. The number of aliphatic hydroxyl groups is 1. The molecule has 6 atom stereocenters. The minimum atomic E-state index is -1.31. The molecule has 0 aliphatic carbocycles. The fraction of sp³-hybridized carbons (Fsp3) is 0.720. The number of nitrogens with zero attached hydrogens (tertiary/aromatic N) is 3. The summed E-state index contributed by atoms with van der Waals surface area (Å²) in [6.45, 7) is 8.02. The Bertz CT molecular complexity index is 932. The molecule has 1 spiro atoms. The average Bonchev–Trinajstić information content (AvgIpc) is 3.16. The molecule has 10 heteroatoms. The van der Waals surface area contributed by atoms with E-state index in [0.717, 1.165) is 13.1 Å². The predicted octanol–water partition coefficient (Wildman–Crippen LogP) is -0.428. The topological polar surface area (TPSA) is 109 Å². The number of esters is 1. The molecule has 0 saturated carbocycles. The molecule has 192 valence electrons. The SMILES string of the molecule is CC[C@@]12C=CCOC(=O)[C@@H]1[C@H]1C(=O)N([C@H](C)CO)C3C(=O)N(CCN4CCOCC4)CC=C[C@@]31O2. The van der Waals surface area contributed by atoms with E-state index < -0.39 is 41.1 Å². The molecule has 1 unspecified atom stereocenters. The molecule has 0 aromatic carbocycles. The standard InChI is InChI=1S/C25H35N3O7/c1-3-24-6-5-13-34-23(32)19(24)18-21(30)28(17(2)16-29)20-22(31)27(8-4-7-25(18,20)35-24)10-9-26-11-14-33-15-12-26/h4-7,17-20,29H,3,8-16H2,1-2H3/t17-,18+,19+,20?,24-,25+/m1/s1. The van der Waals surface area contributed by atoms with Crippen molar-refractivity contribution < 1.29 is 33.7 Å². The number of hydrogen-bond acceptors (Lipinski definition) is 8. The van der Waals surface area contributed by atoms with Crippen LogP contribution in [0.25, 0.3) is 0 Å². The Kier molecular flexibility index (Phi) is 6.50. The Morgan fingerprint density at radius 1 is 1.09 bits per heavy atom. The Balaban J connectivity index is 1.53. The van der Waals surface area contributed by atoms with Gasteiger partial charge in [-0.3, -0.25) is 19.3 Å². The molecule has 0 aromatic heterocycles. The first kappa shape index (κ1) is 24.4. The Hall–Kier alpha value is -2.27. The zero-order valence-electron chi connectivity index (χ0n) is 20.4. The van der Waals surface area contributed by atoms with E-state index in [1.54, 1.807) is 17.9 Å². The van der Waals surface area contributed by atoms with Crippen LogP contribution >= 0.6 is 0 Å². The normalized spacial score (nSPS) is 38.0. The quantitative estimate of drug-likeness (QED) is 0.396. The number of aliphatic hydroxyl groups excluding tert-OH is 1. The van der Waals surface area contributed by atoms with Crippen molar-refractivity contribution in [2.45, 2.75) is 43.6 Å². The summed E-state index contributed by atoms with van der Waals surface area (Å²) in [5.41, 5.74) is -2.35. The van der Waals surface area contributed by atoms with Gasteiger partial charge in [0.15, 0.2) is 0 Å². The number of carbonyl (C=O) groups excluding carboxylic acids is 3. The third-order valence-corrected chi connectivity index (χ3v) is 8.25. The van der Waals surface area contributed by atoms with E-state index in [9.17, 15) is 19.5 Å². The van der Waals surface area contributed by atoms with Gasteiger partial charge in [0.1, 0.15) is 29.8 Å². The second-order valence-electron chi connectivity index (χ2n) is 10.1. The number of amides is 2. The Morgan fingerprint density at radius 3 is 2.57 bits per heavy atom. The lowest BCUT2D eigenvalue weighted by Crippen LogP contribution is -2.59. The fourth-order valence-electron chi connectivity index (χ4n) is 6.43. The fourth-order valence-corrected chi connectivity index (χ4v) is 6.43. The minimum Gasteiger partial charge on any atom is -0.461 e. The summed E-state index contributed by atoms with van der Waals surface area (Å²) in [5, 5.41) is 9.99. The van der Waals surface area contributed by atoms with Gasteiger partial charge in [-0.2, -0.15) is 0 Å². The Morgan fingerprint density at radius 2 is 1.86 bits per heavy atom. The molecule has 0 aromatic rings. The van der Waals surface area contributed by atoms with E-state index in [2.05, 4.69) is 4.90 Å². The number of morpholine rings is 1. The maximum atomic E-state index is 14.1. The summed E-state index contributed by atoms with van der Waals surface area (Å²) >= 11 is 0. The van der Waals surface area contributed by atoms with Gasteiger partial charge < -0.3 is 29.1 Å². The van der Waals surface area contributed by atoms with Crippen molar-refractivity contribution in [3.63, 3.8) is 0 Å². The molecule has 1 N–H and O–H groups in total. The first-order valence-corrected chi connectivity index (χ1v) is 12.6. The van der Waals surface area contributed by atoms with Gasteiger partial charge in [0.2, 0.25) is 11.8 Å². The molecule has 3 fully saturated rings. The summed E-state index contributed by atoms with van der Waals surface area (Å²) < 4.78 is 17.6. The minimum absolute atomic E-state index is 0.124. The van der Waals surface area contributed by atoms with Crippen LogP contribution in [0, 0.1) is 11.8 Å². The lowest BCUT2D eigenvalue weighted by atomic mass is 9.73. The molecular formula is C25H35N3O7. The number of fused-ring (bicyclic) bond motifs is 2. The predicted molar refractivity (Wildman–Crippen MR) is 124 cm³/mol. The van der Waals surface area contributed by atoms with E-state index in [1.807, 2.05) is 25.2 Å². The lowest BCUT2D eigenvalue weighted by molar-refractivity contribution is -0.161. The highest BCUT2D eigenvalue weighted by molar-refractivity contribution is 5.99. The van der Waals surface area contributed by atoms with Crippen LogP contribution < -0.4 is 0 Å². The van der Waals surface area contributed by atoms with E-state index in [0.29, 0.717) is 39.3 Å². The van der Waals surface area contributed by atoms with Gasteiger partial charge in [0.05, 0.1) is 31.8 Å². The zero-order valence-corrected chi connectivity index (χ0v) is 20.4. The molecule has 3 saturated heterocycles. The summed E-state index contributed by atoms with van der Waals surface area (Å²) in [6, 6.07) is -1.58. The van der Waals surface area contributed by atoms with Gasteiger partial charge in [-0.25, -0.2) is 0 Å². The van der Waals surface area contributed by atoms with E-state index in [1.165, 1.54) is 4.90 Å². The van der Waals surface area contributed by atoms with Crippen LogP contribution in [0.5, 0.6) is 0 Å². The second-order valence-corrected chi connectivity index (χ2v) is 10.1. The summed E-state index contributed by atoms with van der Waals surface area (Å²) in [6.07, 6.45) is 7.75. The van der Waals surface area contributed by atoms with Gasteiger partial charge in [-0.1, -0.05) is 25.2 Å². The van der Waals surface area contributed by atoms with Gasteiger partial charge >= 0.3 is 5.97 Å². The molecule has 2 amide bonds. The van der Waals surface area contributed by atoms with Crippen molar-refractivity contribution in [1.82, 2.24) is 14.7 Å². The van der Waals surface area contributed by atoms with Crippen molar-refractivity contribution in [3.8, 4) is 0 Å². The molecule has 5 heterocycles. The van der Waals surface area contributed by atoms with Crippen molar-refractivity contribution in [2.75, 3.05) is 59.2 Å². The molecule has 0 bridgehead atoms. The summed E-state index contributed by atoms with van der Waals surface area (Å²) in [7, 11) is 0. The number of rotatable bonds is 6. The number of likely N-dealkylation sites (tertiary alicyclic amines) is 1. The van der Waals surface area contributed by atoms with E-state index in [4.69, 9.17) is 14.2 Å². The maximum absolute atomic E-state index is 14.1.